The van der Waals surface area contributed by atoms with Gasteiger partial charge in [-0.1, -0.05) is 142 Å². The lowest BCUT2D eigenvalue weighted by atomic mass is 9.97. The normalized spacial score (nSPS) is 22.9. The SMILES string of the molecule is [2H]CCCCCCCCCCCCCC(=O)OC[C@H]1OC(O)[C@H](N)[C@@H](OC(=O)CCCCCCCCCCCCC[2H])[C@@H]1O. The standard InChI is InChI=1S/C34H65NO7/c1-3-5-7-9-11-13-15-17-19-21-23-25-29(36)40-27-28-32(38)33(31(35)34(39)41-28)42-30(37)26-24-22-20-18-16-14-12-10-8-6-4-2/h28,31-34,38-39H,3-27,35H2,1-2H3/t28-,31-,32-,33-,34?/m1/s1/i1D,2D. The van der Waals surface area contributed by atoms with Crippen molar-refractivity contribution in [2.24, 2.45) is 5.73 Å². The van der Waals surface area contributed by atoms with Crippen molar-refractivity contribution in [2.75, 3.05) is 6.61 Å². The molecule has 0 bridgehead atoms. The van der Waals surface area contributed by atoms with Gasteiger partial charge in [-0.3, -0.25) is 9.59 Å². The smallest absolute Gasteiger partial charge is 0.306 e. The van der Waals surface area contributed by atoms with E-state index in [0.29, 0.717) is 20.2 Å². The van der Waals surface area contributed by atoms with Crippen LogP contribution in [0.15, 0.2) is 0 Å². The van der Waals surface area contributed by atoms with Crippen molar-refractivity contribution >= 4 is 11.9 Å². The predicted octanol–water partition coefficient (Wildman–Crippen LogP) is 7.25. The van der Waals surface area contributed by atoms with Gasteiger partial charge in [0.05, 0.1) is 6.04 Å². The van der Waals surface area contributed by atoms with Gasteiger partial charge in [0.2, 0.25) is 0 Å². The number of nitrogens with two attached hydrogens (primary N) is 1. The maximum absolute atomic E-state index is 12.4. The molecule has 0 aromatic rings. The zero-order valence-electron chi connectivity index (χ0n) is 28.5. The van der Waals surface area contributed by atoms with E-state index in [1.165, 1.54) is 77.0 Å². The first-order valence-electron chi connectivity index (χ1n) is 18.5. The summed E-state index contributed by atoms with van der Waals surface area (Å²) in [7, 11) is 0. The van der Waals surface area contributed by atoms with Crippen LogP contribution in [0.4, 0.5) is 0 Å². The lowest BCUT2D eigenvalue weighted by molar-refractivity contribution is -0.256. The zero-order valence-corrected chi connectivity index (χ0v) is 26.5. The Kier molecular flexibility index (Phi) is 22.0. The minimum Gasteiger partial charge on any atom is -0.463 e. The number of aliphatic hydroxyl groups excluding tert-OH is 2. The number of ether oxygens (including phenoxy) is 3. The molecule has 1 heterocycles. The maximum Gasteiger partial charge on any atom is 0.306 e. The van der Waals surface area contributed by atoms with Crippen LogP contribution in [0.25, 0.3) is 0 Å². The molecule has 0 saturated carbocycles. The average Bonchev–Trinajstić information content (AvgIpc) is 3.01. The molecule has 248 valence electrons. The van der Waals surface area contributed by atoms with Gasteiger partial charge in [0.25, 0.3) is 0 Å². The molecule has 1 unspecified atom stereocenters. The largest absolute Gasteiger partial charge is 0.463 e. The molecular formula is C34H65NO7. The molecule has 0 spiro atoms. The van der Waals surface area contributed by atoms with Crippen molar-refractivity contribution in [3.8, 4) is 0 Å². The molecule has 1 aliphatic rings. The first-order valence-corrected chi connectivity index (χ1v) is 17.1. The van der Waals surface area contributed by atoms with E-state index < -0.39 is 36.6 Å². The fourth-order valence-electron chi connectivity index (χ4n) is 5.42. The number of hydrogen-bond acceptors (Lipinski definition) is 8. The summed E-state index contributed by atoms with van der Waals surface area (Å²) in [5.41, 5.74) is 5.97. The molecule has 1 fully saturated rings. The third-order valence-corrected chi connectivity index (χ3v) is 8.18. The molecule has 1 saturated heterocycles. The van der Waals surface area contributed by atoms with Crippen LogP contribution in [0.5, 0.6) is 0 Å². The lowest BCUT2D eigenvalue weighted by Gasteiger charge is -2.40. The molecule has 0 aromatic carbocycles. The minimum absolute atomic E-state index is 0.218. The number of hydrogen-bond donors (Lipinski definition) is 3. The Hall–Kier alpha value is -1.22. The monoisotopic (exact) mass is 601 g/mol. The summed E-state index contributed by atoms with van der Waals surface area (Å²) < 4.78 is 30.4. The molecule has 0 amide bonds. The number of rotatable bonds is 27. The second-order valence-electron chi connectivity index (χ2n) is 12.0. The van der Waals surface area contributed by atoms with Crippen molar-refractivity contribution in [1.82, 2.24) is 0 Å². The van der Waals surface area contributed by atoms with Crippen LogP contribution >= 0.6 is 0 Å². The summed E-state index contributed by atoms with van der Waals surface area (Å²) in [5.74, 6) is -0.853. The minimum atomic E-state index is -1.44. The van der Waals surface area contributed by atoms with E-state index in [1.54, 1.807) is 0 Å². The summed E-state index contributed by atoms with van der Waals surface area (Å²) in [6.45, 7) is 0.827. The Morgan fingerprint density at radius 2 is 1.07 bits per heavy atom. The van der Waals surface area contributed by atoms with Crippen molar-refractivity contribution in [3.63, 3.8) is 0 Å². The van der Waals surface area contributed by atoms with Gasteiger partial charge in [0, 0.05) is 15.6 Å². The van der Waals surface area contributed by atoms with Crippen molar-refractivity contribution in [1.29, 1.82) is 0 Å². The van der Waals surface area contributed by atoms with E-state index in [0.717, 1.165) is 57.8 Å². The molecule has 4 N–H and O–H groups in total. The molecule has 8 heteroatoms. The number of unbranched alkanes of at least 4 members (excludes halogenated alkanes) is 20. The van der Waals surface area contributed by atoms with Crippen LogP contribution in [0.2, 0.25) is 0 Å². The van der Waals surface area contributed by atoms with Crippen LogP contribution in [-0.2, 0) is 23.8 Å². The number of esters is 2. The molecule has 42 heavy (non-hydrogen) atoms. The highest BCUT2D eigenvalue weighted by Gasteiger charge is 2.45. The Morgan fingerprint density at radius 3 is 1.52 bits per heavy atom. The number of carbonyl (C=O) groups excluding carboxylic acids is 2. The van der Waals surface area contributed by atoms with Crippen LogP contribution in [0.3, 0.4) is 0 Å². The first-order chi connectivity index (χ1) is 21.4. The van der Waals surface area contributed by atoms with E-state index in [2.05, 4.69) is 0 Å². The summed E-state index contributed by atoms with van der Waals surface area (Å²) >= 11 is 0. The highest BCUT2D eigenvalue weighted by atomic mass is 16.6. The molecule has 1 rings (SSSR count). The third-order valence-electron chi connectivity index (χ3n) is 8.18. The highest BCUT2D eigenvalue weighted by molar-refractivity contribution is 5.70. The van der Waals surface area contributed by atoms with E-state index >= 15 is 0 Å². The third kappa shape index (κ3) is 19.1. The van der Waals surface area contributed by atoms with Crippen LogP contribution in [-0.4, -0.2) is 59.4 Å². The van der Waals surface area contributed by atoms with Crippen LogP contribution in [0.1, 0.15) is 171 Å². The molecule has 0 aliphatic carbocycles. The van der Waals surface area contributed by atoms with Gasteiger partial charge in [-0.25, -0.2) is 0 Å². The van der Waals surface area contributed by atoms with Crippen LogP contribution in [0, 0.1) is 0 Å². The molecule has 0 radical (unpaired) electrons. The quantitative estimate of drug-likeness (QED) is 0.0663. The maximum atomic E-state index is 12.4. The first kappa shape index (κ1) is 35.3. The van der Waals surface area contributed by atoms with Gasteiger partial charge in [-0.05, 0) is 12.8 Å². The van der Waals surface area contributed by atoms with Gasteiger partial charge in [0.15, 0.2) is 12.4 Å². The number of aliphatic hydroxyl groups is 2. The zero-order chi connectivity index (χ0) is 32.3. The molecule has 5 atom stereocenters. The van der Waals surface area contributed by atoms with Gasteiger partial charge in [-0.15, -0.1) is 0 Å². The van der Waals surface area contributed by atoms with Gasteiger partial charge < -0.3 is 30.2 Å². The van der Waals surface area contributed by atoms with Gasteiger partial charge in [-0.2, -0.15) is 0 Å². The Labute approximate surface area is 259 Å². The molecule has 8 nitrogen and oxygen atoms in total. The Morgan fingerprint density at radius 1 is 0.667 bits per heavy atom. The number of carbonyl (C=O) groups is 2. The molecular weight excluding hydrogens is 534 g/mol. The van der Waals surface area contributed by atoms with E-state index in [-0.39, 0.29) is 25.4 Å². The second-order valence-corrected chi connectivity index (χ2v) is 12.0. The fourth-order valence-corrected chi connectivity index (χ4v) is 5.42. The summed E-state index contributed by atoms with van der Waals surface area (Å²) in [6, 6.07) is -1.10. The van der Waals surface area contributed by atoms with Crippen LogP contribution < -0.4 is 5.73 Å². The summed E-state index contributed by atoms with van der Waals surface area (Å²) in [4.78, 5) is 24.7. The summed E-state index contributed by atoms with van der Waals surface area (Å²) in [6.07, 6.45) is 20.1. The molecule has 0 aromatic heterocycles. The van der Waals surface area contributed by atoms with Gasteiger partial charge in [0.1, 0.15) is 18.8 Å². The van der Waals surface area contributed by atoms with E-state index in [1.807, 2.05) is 0 Å². The second kappa shape index (κ2) is 26.2. The van der Waals surface area contributed by atoms with E-state index in [9.17, 15) is 19.8 Å². The highest BCUT2D eigenvalue weighted by Crippen LogP contribution is 2.23. The van der Waals surface area contributed by atoms with E-state index in [4.69, 9.17) is 22.7 Å². The van der Waals surface area contributed by atoms with Crippen molar-refractivity contribution in [3.05, 3.63) is 0 Å². The topological polar surface area (TPSA) is 128 Å². The Balaban J connectivity index is 2.14. The lowest BCUT2D eigenvalue weighted by Crippen LogP contribution is -2.63. The Bertz CT molecular complexity index is 703. The van der Waals surface area contributed by atoms with Gasteiger partial charge >= 0.3 is 11.9 Å². The predicted molar refractivity (Wildman–Crippen MR) is 168 cm³/mol. The molecule has 1 aliphatic heterocycles. The van der Waals surface area contributed by atoms with Crippen molar-refractivity contribution < 1.29 is 36.8 Å². The van der Waals surface area contributed by atoms with Crippen molar-refractivity contribution in [2.45, 2.75) is 199 Å². The summed E-state index contributed by atoms with van der Waals surface area (Å²) in [5, 5.41) is 21.0. The average molecular weight is 602 g/mol. The fraction of sp³-hybridized carbons (Fsp3) is 0.941.